The molecule has 3 atom stereocenters. The Hall–Kier alpha value is -3.67. The zero-order valence-electron chi connectivity index (χ0n) is 21.6. The van der Waals surface area contributed by atoms with Crippen molar-refractivity contribution in [2.45, 2.75) is 50.3 Å². The minimum atomic E-state index is -4.67. The van der Waals surface area contributed by atoms with E-state index in [1.165, 1.54) is 6.07 Å². The Morgan fingerprint density at radius 1 is 1.23 bits per heavy atom. The van der Waals surface area contributed by atoms with Crippen molar-refractivity contribution in [2.24, 2.45) is 21.3 Å². The van der Waals surface area contributed by atoms with Gasteiger partial charge >= 0.3 is 6.18 Å². The highest BCUT2D eigenvalue weighted by molar-refractivity contribution is 5.96. The Kier molecular flexibility index (Phi) is 6.89. The molecule has 3 aliphatic heterocycles. The van der Waals surface area contributed by atoms with Gasteiger partial charge in [-0.15, -0.1) is 0 Å². The number of piperazine rings is 1. The summed E-state index contributed by atoms with van der Waals surface area (Å²) in [5.41, 5.74) is 0.769. The number of rotatable bonds is 7. The molecule has 210 valence electrons. The molecule has 11 nitrogen and oxygen atoms in total. The van der Waals surface area contributed by atoms with Crippen LogP contribution in [-0.2, 0) is 12.7 Å². The molecular weight excluding hydrogens is 525 g/mol. The highest BCUT2D eigenvalue weighted by atomic mass is 19.4. The van der Waals surface area contributed by atoms with Gasteiger partial charge in [0.05, 0.1) is 29.9 Å². The van der Waals surface area contributed by atoms with Crippen molar-refractivity contribution in [3.05, 3.63) is 54.0 Å². The van der Waals surface area contributed by atoms with Crippen molar-refractivity contribution in [1.29, 1.82) is 5.26 Å². The fraction of sp³-hybridized carbons (Fsp3) is 0.538. The summed E-state index contributed by atoms with van der Waals surface area (Å²) in [6.07, 6.45) is 6.63. The van der Waals surface area contributed by atoms with E-state index in [0.717, 1.165) is 30.4 Å². The van der Waals surface area contributed by atoms with Crippen LogP contribution in [0.5, 0.6) is 0 Å². The number of amidine groups is 1. The normalized spacial score (nSPS) is 29.3. The molecule has 40 heavy (non-hydrogen) atoms. The Morgan fingerprint density at radius 2 is 2.02 bits per heavy atom. The third kappa shape index (κ3) is 5.12. The van der Waals surface area contributed by atoms with Crippen molar-refractivity contribution in [1.82, 2.24) is 34.9 Å². The molecule has 4 aliphatic rings. The second-order valence-electron chi connectivity index (χ2n) is 10.9. The second-order valence-corrected chi connectivity index (χ2v) is 10.9. The van der Waals surface area contributed by atoms with Gasteiger partial charge < -0.3 is 10.4 Å². The molecule has 3 unspecified atom stereocenters. The van der Waals surface area contributed by atoms with Gasteiger partial charge in [-0.3, -0.25) is 19.5 Å². The zero-order chi connectivity index (χ0) is 27.9. The number of aromatic nitrogens is 4. The summed E-state index contributed by atoms with van der Waals surface area (Å²) >= 11 is 0. The lowest BCUT2D eigenvalue weighted by Crippen LogP contribution is -2.58. The first-order valence-corrected chi connectivity index (χ1v) is 13.2. The average molecular weight is 555 g/mol. The Morgan fingerprint density at radius 3 is 2.77 bits per heavy atom. The predicted octanol–water partition coefficient (Wildman–Crippen LogP) is 2.28. The Balaban J connectivity index is 1.04. The maximum absolute atomic E-state index is 13.0. The second kappa shape index (κ2) is 10.4. The molecule has 2 aromatic heterocycles. The third-order valence-electron chi connectivity index (χ3n) is 8.30. The molecule has 1 aliphatic carbocycles. The van der Waals surface area contributed by atoms with Crippen LogP contribution in [-0.4, -0.2) is 79.0 Å². The minimum Gasteiger partial charge on any atom is -0.372 e. The van der Waals surface area contributed by atoms with E-state index >= 15 is 0 Å². The topological polar surface area (TPSA) is 131 Å². The number of nitrogens with one attached hydrogen (secondary N) is 1. The van der Waals surface area contributed by atoms with Crippen LogP contribution in [0.3, 0.4) is 0 Å². The monoisotopic (exact) mass is 554 g/mol. The van der Waals surface area contributed by atoms with Crippen LogP contribution in [0.2, 0.25) is 0 Å². The number of aliphatic imine (C=N–C) groups is 2. The van der Waals surface area contributed by atoms with Crippen LogP contribution in [0.4, 0.5) is 13.2 Å². The first-order chi connectivity index (χ1) is 19.2. The predicted molar refractivity (Wildman–Crippen MR) is 137 cm³/mol. The zero-order valence-corrected chi connectivity index (χ0v) is 21.6. The van der Waals surface area contributed by atoms with E-state index in [1.54, 1.807) is 11.2 Å². The van der Waals surface area contributed by atoms with Gasteiger partial charge in [0.2, 0.25) is 5.82 Å². The fourth-order valence-corrected chi connectivity index (χ4v) is 6.20. The van der Waals surface area contributed by atoms with E-state index in [9.17, 15) is 23.5 Å². The van der Waals surface area contributed by atoms with Crippen LogP contribution in [0.1, 0.15) is 48.6 Å². The van der Waals surface area contributed by atoms with E-state index in [4.69, 9.17) is 0 Å². The molecule has 1 saturated carbocycles. The maximum atomic E-state index is 13.0. The third-order valence-corrected chi connectivity index (χ3v) is 8.30. The standard InChI is InChI=1S/C26H29F3N10O/c27-26(28,29)24-32-6-2-20(36-24)23(40)38-9-7-37(8-10-38)18-11-25(12-18,3-4-30)15-39-14-17(13-35-39)21-19-1-5-31-22(19)34-16-33-21/h1-2,5-6,13-14,16,18-19,21,23,40H,3,7-12,15H2,(H,31,33,34). The molecule has 5 heterocycles. The molecule has 0 amide bonds. The highest BCUT2D eigenvalue weighted by Gasteiger charge is 2.47. The highest BCUT2D eigenvalue weighted by Crippen LogP contribution is 2.48. The molecular formula is C26H29F3N10O. The fourth-order valence-electron chi connectivity index (χ4n) is 6.20. The van der Waals surface area contributed by atoms with Crippen LogP contribution in [0.25, 0.3) is 0 Å². The Labute approximate surface area is 228 Å². The summed E-state index contributed by atoms with van der Waals surface area (Å²) in [5.74, 6) is -0.305. The van der Waals surface area contributed by atoms with E-state index in [-0.39, 0.29) is 23.1 Å². The van der Waals surface area contributed by atoms with Gasteiger partial charge in [-0.25, -0.2) is 15.0 Å². The van der Waals surface area contributed by atoms with Gasteiger partial charge in [-0.2, -0.15) is 23.5 Å². The number of hydrogen-bond acceptors (Lipinski definition) is 10. The van der Waals surface area contributed by atoms with Crippen molar-refractivity contribution in [2.75, 3.05) is 26.2 Å². The van der Waals surface area contributed by atoms with Crippen molar-refractivity contribution in [3.63, 3.8) is 0 Å². The quantitative estimate of drug-likeness (QED) is 0.533. The summed E-state index contributed by atoms with van der Waals surface area (Å²) in [7, 11) is 0. The molecule has 0 bridgehead atoms. The molecule has 1 saturated heterocycles. The van der Waals surface area contributed by atoms with Gasteiger partial charge in [-0.1, -0.05) is 6.08 Å². The number of aliphatic hydroxyl groups is 1. The van der Waals surface area contributed by atoms with E-state index in [2.05, 4.69) is 47.4 Å². The van der Waals surface area contributed by atoms with Gasteiger partial charge in [0.1, 0.15) is 12.2 Å². The summed E-state index contributed by atoms with van der Waals surface area (Å²) in [6.45, 7) is 2.96. The number of fused-ring (bicyclic) bond motifs is 1. The van der Waals surface area contributed by atoms with Crippen LogP contribution in [0, 0.1) is 22.7 Å². The molecule has 14 heteroatoms. The number of alkyl halides is 3. The van der Waals surface area contributed by atoms with Gasteiger partial charge in [-0.05, 0) is 25.1 Å². The molecule has 2 N–H and O–H groups in total. The van der Waals surface area contributed by atoms with Crippen LogP contribution in [0.15, 0.2) is 46.9 Å². The van der Waals surface area contributed by atoms with Gasteiger partial charge in [0, 0.05) is 68.6 Å². The smallest absolute Gasteiger partial charge is 0.372 e. The number of nitriles is 1. The number of nitrogens with zero attached hydrogens (tertiary/aromatic N) is 9. The number of halogens is 3. The SMILES string of the molecule is N#CCC1(Cn2cc(C3N=CN=C4NC=CC43)cn2)CC(N2CCN(C(O)c3ccnc(C(F)(F)F)n3)CC2)C1. The molecule has 0 aromatic carbocycles. The molecule has 2 aromatic rings. The lowest BCUT2D eigenvalue weighted by molar-refractivity contribution is -0.145. The van der Waals surface area contributed by atoms with Crippen molar-refractivity contribution < 1.29 is 18.3 Å². The van der Waals surface area contributed by atoms with E-state index < -0.39 is 18.2 Å². The summed E-state index contributed by atoms with van der Waals surface area (Å²) in [4.78, 5) is 19.7. The van der Waals surface area contributed by atoms with Gasteiger partial charge in [0.25, 0.3) is 0 Å². The summed E-state index contributed by atoms with van der Waals surface area (Å²) in [5, 5.41) is 28.0. The molecule has 6 rings (SSSR count). The molecule has 2 fully saturated rings. The van der Waals surface area contributed by atoms with Crippen molar-refractivity contribution >= 4 is 12.2 Å². The first kappa shape index (κ1) is 26.5. The van der Waals surface area contributed by atoms with Crippen LogP contribution < -0.4 is 5.32 Å². The minimum absolute atomic E-state index is 0.0614. The lowest BCUT2D eigenvalue weighted by atomic mass is 9.63. The lowest BCUT2D eigenvalue weighted by Gasteiger charge is -2.53. The number of hydrogen-bond donors (Lipinski definition) is 2. The van der Waals surface area contributed by atoms with E-state index in [0.29, 0.717) is 45.2 Å². The van der Waals surface area contributed by atoms with E-state index in [1.807, 2.05) is 23.3 Å². The summed E-state index contributed by atoms with van der Waals surface area (Å²) < 4.78 is 40.9. The van der Waals surface area contributed by atoms with Crippen LogP contribution >= 0.6 is 0 Å². The number of aliphatic hydroxyl groups excluding tert-OH is 1. The van der Waals surface area contributed by atoms with Crippen molar-refractivity contribution in [3.8, 4) is 6.07 Å². The largest absolute Gasteiger partial charge is 0.451 e. The first-order valence-electron chi connectivity index (χ1n) is 13.2. The Bertz CT molecular complexity index is 1370. The molecule has 0 spiro atoms. The van der Waals surface area contributed by atoms with Gasteiger partial charge in [0.15, 0.2) is 6.23 Å². The summed E-state index contributed by atoms with van der Waals surface area (Å²) in [6, 6.07) is 3.89. The average Bonchev–Trinajstić information content (AvgIpc) is 3.60. The molecule has 0 radical (unpaired) electrons. The maximum Gasteiger partial charge on any atom is 0.451 e.